The molecule has 4 aliphatic carbocycles. The molecule has 2 aromatic rings. The molecule has 6 rings (SSSR count). The van der Waals surface area contributed by atoms with Gasteiger partial charge in [0, 0.05) is 6.54 Å². The Morgan fingerprint density at radius 1 is 1.12 bits per heavy atom. The fourth-order valence-corrected chi connectivity index (χ4v) is 7.00. The Morgan fingerprint density at radius 2 is 1.75 bits per heavy atom. The monoisotopic (exact) mass is 455 g/mol. The summed E-state index contributed by atoms with van der Waals surface area (Å²) in [4.78, 5) is 25.1. The molecule has 0 radical (unpaired) electrons. The average Bonchev–Trinajstić information content (AvgIpc) is 3.03. The molecule has 0 saturated heterocycles. The molecule has 170 valence electrons. The number of ether oxygens (including phenoxy) is 1. The molecule has 1 N–H and O–H groups in total. The number of nitrogens with zero attached hydrogens (tertiary/aromatic N) is 2. The topological polar surface area (TPSA) is 73.2 Å². The Kier molecular flexibility index (Phi) is 5.74. The molecule has 0 spiro atoms. The molecule has 6 nitrogen and oxygen atoms in total. The summed E-state index contributed by atoms with van der Waals surface area (Å²) in [5, 5.41) is 7.65. The zero-order valence-corrected chi connectivity index (χ0v) is 19.2. The first-order chi connectivity index (χ1) is 15.4. The van der Waals surface area contributed by atoms with Crippen molar-refractivity contribution in [2.75, 3.05) is 13.2 Å². The molecule has 4 bridgehead atoms. The van der Waals surface area contributed by atoms with E-state index in [9.17, 15) is 9.59 Å². The number of benzene rings is 1. The summed E-state index contributed by atoms with van der Waals surface area (Å²) in [5.41, 5.74) is 2.00. The number of nitrogens with one attached hydrogen (secondary N) is 1. The van der Waals surface area contributed by atoms with Crippen molar-refractivity contribution in [3.05, 3.63) is 52.3 Å². The van der Waals surface area contributed by atoms with Gasteiger partial charge in [-0.25, -0.2) is 9.48 Å². The molecule has 0 atom stereocenters. The molecule has 7 heteroatoms. The van der Waals surface area contributed by atoms with Crippen molar-refractivity contribution in [1.82, 2.24) is 15.1 Å². The van der Waals surface area contributed by atoms with Gasteiger partial charge in [-0.3, -0.25) is 4.79 Å². The van der Waals surface area contributed by atoms with E-state index in [0.29, 0.717) is 18.8 Å². The average molecular weight is 456 g/mol. The standard InChI is InChI=1S/C25H30ClN3O3/c1-16-22(23(26)29(28-16)13-17-5-3-2-4-6-17)24(31)32-14-21(30)27-15-25-10-18-7-19(11-25)9-20(8-18)12-25/h2-6,18-20H,7-15H2,1H3,(H,27,30). The maximum atomic E-state index is 12.6. The lowest BCUT2D eigenvalue weighted by molar-refractivity contribution is -0.126. The molecular weight excluding hydrogens is 426 g/mol. The lowest BCUT2D eigenvalue weighted by Gasteiger charge is -2.56. The van der Waals surface area contributed by atoms with Gasteiger partial charge in [0.25, 0.3) is 5.91 Å². The molecule has 32 heavy (non-hydrogen) atoms. The summed E-state index contributed by atoms with van der Waals surface area (Å²) in [6, 6.07) is 9.77. The van der Waals surface area contributed by atoms with Gasteiger partial charge < -0.3 is 10.1 Å². The lowest BCUT2D eigenvalue weighted by Crippen LogP contribution is -2.51. The number of amides is 1. The highest BCUT2D eigenvalue weighted by Gasteiger charge is 2.50. The number of halogens is 1. The van der Waals surface area contributed by atoms with Crippen molar-refractivity contribution in [1.29, 1.82) is 0 Å². The van der Waals surface area contributed by atoms with Crippen molar-refractivity contribution in [2.24, 2.45) is 23.2 Å². The second-order valence-electron chi connectivity index (χ2n) is 10.2. The zero-order chi connectivity index (χ0) is 22.3. The lowest BCUT2D eigenvalue weighted by atomic mass is 9.49. The van der Waals surface area contributed by atoms with Gasteiger partial charge in [-0.15, -0.1) is 0 Å². The van der Waals surface area contributed by atoms with E-state index in [1.807, 2.05) is 30.3 Å². The van der Waals surface area contributed by atoms with Gasteiger partial charge in [-0.1, -0.05) is 41.9 Å². The maximum absolute atomic E-state index is 12.6. The van der Waals surface area contributed by atoms with E-state index in [1.54, 1.807) is 11.6 Å². The van der Waals surface area contributed by atoms with Crippen LogP contribution in [0.4, 0.5) is 0 Å². The van der Waals surface area contributed by atoms with Crippen LogP contribution in [-0.2, 0) is 16.1 Å². The highest BCUT2D eigenvalue weighted by molar-refractivity contribution is 6.32. The summed E-state index contributed by atoms with van der Waals surface area (Å²) in [6.45, 7) is 2.57. The van der Waals surface area contributed by atoms with Crippen LogP contribution in [0.2, 0.25) is 5.15 Å². The number of rotatable bonds is 7. The van der Waals surface area contributed by atoms with Crippen molar-refractivity contribution in [3.8, 4) is 0 Å². The number of carbonyl (C=O) groups excluding carboxylic acids is 2. The maximum Gasteiger partial charge on any atom is 0.343 e. The summed E-state index contributed by atoms with van der Waals surface area (Å²) in [5.74, 6) is 1.66. The Bertz CT molecular complexity index is 982. The normalized spacial score (nSPS) is 28.0. The zero-order valence-electron chi connectivity index (χ0n) is 18.5. The van der Waals surface area contributed by atoms with Crippen LogP contribution >= 0.6 is 11.6 Å². The molecule has 1 amide bonds. The Morgan fingerprint density at radius 3 is 2.38 bits per heavy atom. The van der Waals surface area contributed by atoms with E-state index in [2.05, 4.69) is 10.4 Å². The predicted molar refractivity (Wildman–Crippen MR) is 121 cm³/mol. The summed E-state index contributed by atoms with van der Waals surface area (Å²) >= 11 is 6.43. The minimum Gasteiger partial charge on any atom is -0.452 e. The SMILES string of the molecule is Cc1nn(Cc2ccccc2)c(Cl)c1C(=O)OCC(=O)NCC12CC3CC(CC(C3)C1)C2. The van der Waals surface area contributed by atoms with Crippen LogP contribution in [0, 0.1) is 30.1 Å². The van der Waals surface area contributed by atoms with E-state index in [4.69, 9.17) is 16.3 Å². The fourth-order valence-electron chi connectivity index (χ4n) is 6.69. The Labute approximate surface area is 193 Å². The molecule has 1 heterocycles. The van der Waals surface area contributed by atoms with Gasteiger partial charge in [0.15, 0.2) is 6.61 Å². The van der Waals surface area contributed by atoms with Crippen molar-refractivity contribution in [2.45, 2.75) is 52.0 Å². The quantitative estimate of drug-likeness (QED) is 0.628. The smallest absolute Gasteiger partial charge is 0.343 e. The first-order valence-corrected chi connectivity index (χ1v) is 12.0. The molecule has 0 aliphatic heterocycles. The highest BCUT2D eigenvalue weighted by Crippen LogP contribution is 2.59. The van der Waals surface area contributed by atoms with Crippen LogP contribution < -0.4 is 5.32 Å². The summed E-state index contributed by atoms with van der Waals surface area (Å²) < 4.78 is 6.88. The number of esters is 1. The van der Waals surface area contributed by atoms with Crippen molar-refractivity contribution in [3.63, 3.8) is 0 Å². The third-order valence-corrected chi connectivity index (χ3v) is 7.99. The van der Waals surface area contributed by atoms with Crippen LogP contribution in [0.5, 0.6) is 0 Å². The fraction of sp³-hybridized carbons (Fsp3) is 0.560. The third-order valence-electron chi connectivity index (χ3n) is 7.60. The van der Waals surface area contributed by atoms with Gasteiger partial charge in [-0.05, 0) is 74.2 Å². The minimum atomic E-state index is -0.614. The van der Waals surface area contributed by atoms with E-state index in [1.165, 1.54) is 38.5 Å². The van der Waals surface area contributed by atoms with Crippen LogP contribution in [0.1, 0.15) is 60.1 Å². The second kappa shape index (κ2) is 8.54. The van der Waals surface area contributed by atoms with E-state index in [-0.39, 0.29) is 28.6 Å². The first-order valence-electron chi connectivity index (χ1n) is 11.6. The molecule has 0 unspecified atom stereocenters. The van der Waals surface area contributed by atoms with Gasteiger partial charge in [0.05, 0.1) is 12.2 Å². The van der Waals surface area contributed by atoms with E-state index >= 15 is 0 Å². The van der Waals surface area contributed by atoms with Gasteiger partial charge in [-0.2, -0.15) is 5.10 Å². The molecular formula is C25H30ClN3O3. The van der Waals surface area contributed by atoms with Gasteiger partial charge >= 0.3 is 5.97 Å². The third kappa shape index (κ3) is 4.29. The van der Waals surface area contributed by atoms with Crippen molar-refractivity contribution >= 4 is 23.5 Å². The van der Waals surface area contributed by atoms with Crippen LogP contribution in [0.3, 0.4) is 0 Å². The number of hydrogen-bond acceptors (Lipinski definition) is 4. The Balaban J connectivity index is 1.15. The van der Waals surface area contributed by atoms with Gasteiger partial charge in [0.1, 0.15) is 10.7 Å². The number of aromatic nitrogens is 2. The second-order valence-corrected chi connectivity index (χ2v) is 10.5. The molecule has 4 saturated carbocycles. The Hall–Kier alpha value is -2.34. The molecule has 4 aliphatic rings. The van der Waals surface area contributed by atoms with E-state index < -0.39 is 5.97 Å². The summed E-state index contributed by atoms with van der Waals surface area (Å²) in [7, 11) is 0. The summed E-state index contributed by atoms with van der Waals surface area (Å²) in [6.07, 6.45) is 7.83. The van der Waals surface area contributed by atoms with Crippen LogP contribution in [0.25, 0.3) is 0 Å². The molecule has 1 aromatic heterocycles. The van der Waals surface area contributed by atoms with Crippen molar-refractivity contribution < 1.29 is 14.3 Å². The highest BCUT2D eigenvalue weighted by atomic mass is 35.5. The largest absolute Gasteiger partial charge is 0.452 e. The molecule has 4 fully saturated rings. The van der Waals surface area contributed by atoms with Crippen LogP contribution in [-0.4, -0.2) is 34.8 Å². The van der Waals surface area contributed by atoms with Gasteiger partial charge in [0.2, 0.25) is 0 Å². The molecule has 1 aromatic carbocycles. The van der Waals surface area contributed by atoms with E-state index in [0.717, 1.165) is 23.3 Å². The number of carbonyl (C=O) groups is 2. The number of hydrogen-bond donors (Lipinski definition) is 1. The minimum absolute atomic E-state index is 0.219. The number of aryl methyl sites for hydroxylation is 1. The predicted octanol–water partition coefficient (Wildman–Crippen LogP) is 4.38. The van der Waals surface area contributed by atoms with Crippen LogP contribution in [0.15, 0.2) is 30.3 Å². The first kappa shape index (κ1) is 21.5.